The van der Waals surface area contributed by atoms with Crippen molar-refractivity contribution in [3.63, 3.8) is 0 Å². The molecule has 2 rings (SSSR count). The Morgan fingerprint density at radius 1 is 1.44 bits per heavy atom. The first-order valence-electron chi connectivity index (χ1n) is 5.97. The van der Waals surface area contributed by atoms with Gasteiger partial charge in [0.25, 0.3) is 0 Å². The fourth-order valence-corrected chi connectivity index (χ4v) is 1.96. The molecule has 0 bridgehead atoms. The highest BCUT2D eigenvalue weighted by atomic mass is 19.1. The third-order valence-corrected chi connectivity index (χ3v) is 2.96. The highest BCUT2D eigenvalue weighted by Gasteiger charge is 2.26. The lowest BCUT2D eigenvalue weighted by molar-refractivity contribution is -0.125. The predicted molar refractivity (Wildman–Crippen MR) is 64.3 cm³/mol. The number of rotatable bonds is 4. The third kappa shape index (κ3) is 3.06. The Morgan fingerprint density at radius 2 is 2.22 bits per heavy atom. The molecule has 1 aromatic carbocycles. The van der Waals surface area contributed by atoms with Gasteiger partial charge in [-0.15, -0.1) is 0 Å². The monoisotopic (exact) mass is 250 g/mol. The molecule has 5 heteroatoms. The van der Waals surface area contributed by atoms with Crippen LogP contribution in [-0.4, -0.2) is 24.4 Å². The molecule has 4 nitrogen and oxygen atoms in total. The Kier molecular flexibility index (Phi) is 3.92. The highest BCUT2D eigenvalue weighted by Crippen LogP contribution is 2.08. The summed E-state index contributed by atoms with van der Waals surface area (Å²) in [5.41, 5.74) is 0.577. The van der Waals surface area contributed by atoms with Crippen molar-refractivity contribution in [2.75, 3.05) is 6.54 Å². The molecule has 0 aliphatic carbocycles. The van der Waals surface area contributed by atoms with E-state index in [4.69, 9.17) is 0 Å². The normalized spacial score (nSPS) is 18.5. The minimum atomic E-state index is -0.432. The number of hydrogen-bond donors (Lipinski definition) is 2. The summed E-state index contributed by atoms with van der Waals surface area (Å²) in [6.45, 7) is 0.367. The van der Waals surface area contributed by atoms with Crippen LogP contribution in [0.4, 0.5) is 4.39 Å². The quantitative estimate of drug-likeness (QED) is 0.829. The van der Waals surface area contributed by atoms with Gasteiger partial charge < -0.3 is 10.6 Å². The first kappa shape index (κ1) is 12.5. The van der Waals surface area contributed by atoms with Gasteiger partial charge in [-0.1, -0.05) is 18.2 Å². The molecular formula is C13H15FN2O2. The second-order valence-electron chi connectivity index (χ2n) is 4.29. The van der Waals surface area contributed by atoms with Crippen LogP contribution >= 0.6 is 0 Å². The molecule has 1 unspecified atom stereocenters. The number of hydrogen-bond acceptors (Lipinski definition) is 2. The maximum Gasteiger partial charge on any atom is 0.242 e. The Hall–Kier alpha value is -1.91. The van der Waals surface area contributed by atoms with E-state index in [0.29, 0.717) is 31.4 Å². The van der Waals surface area contributed by atoms with Gasteiger partial charge in [0.1, 0.15) is 11.9 Å². The van der Waals surface area contributed by atoms with Gasteiger partial charge in [0, 0.05) is 13.0 Å². The summed E-state index contributed by atoms with van der Waals surface area (Å²) in [6, 6.07) is 6.05. The highest BCUT2D eigenvalue weighted by molar-refractivity contribution is 5.90. The molecule has 1 saturated heterocycles. The van der Waals surface area contributed by atoms with Crippen LogP contribution in [-0.2, 0) is 16.0 Å². The van der Waals surface area contributed by atoms with Crippen LogP contribution in [0.25, 0.3) is 0 Å². The Labute approximate surface area is 105 Å². The first-order valence-corrected chi connectivity index (χ1v) is 5.97. The van der Waals surface area contributed by atoms with Crippen LogP contribution in [0.2, 0.25) is 0 Å². The average molecular weight is 250 g/mol. The van der Waals surface area contributed by atoms with Crippen molar-refractivity contribution < 1.29 is 14.0 Å². The summed E-state index contributed by atoms with van der Waals surface area (Å²) in [5, 5.41) is 5.29. The summed E-state index contributed by atoms with van der Waals surface area (Å²) in [7, 11) is 0. The van der Waals surface area contributed by atoms with Crippen molar-refractivity contribution in [1.29, 1.82) is 0 Å². The lowest BCUT2D eigenvalue weighted by atomic mass is 10.1. The molecule has 18 heavy (non-hydrogen) atoms. The van der Waals surface area contributed by atoms with E-state index in [1.165, 1.54) is 6.07 Å². The molecule has 0 saturated carbocycles. The number of carbonyl (C=O) groups excluding carboxylic acids is 2. The predicted octanol–water partition coefficient (Wildman–Crippen LogP) is 0.763. The summed E-state index contributed by atoms with van der Waals surface area (Å²) in [4.78, 5) is 22.6. The zero-order valence-electron chi connectivity index (χ0n) is 9.91. The topological polar surface area (TPSA) is 58.2 Å². The van der Waals surface area contributed by atoms with Gasteiger partial charge in [0.15, 0.2) is 0 Å². The summed E-state index contributed by atoms with van der Waals surface area (Å²) < 4.78 is 13.3. The van der Waals surface area contributed by atoms with Gasteiger partial charge in [-0.3, -0.25) is 9.59 Å². The average Bonchev–Trinajstić information content (AvgIpc) is 2.78. The molecule has 1 aliphatic rings. The maximum atomic E-state index is 13.3. The smallest absolute Gasteiger partial charge is 0.242 e. The van der Waals surface area contributed by atoms with E-state index in [1.807, 2.05) is 0 Å². The van der Waals surface area contributed by atoms with Gasteiger partial charge in [0.2, 0.25) is 11.8 Å². The van der Waals surface area contributed by atoms with E-state index in [1.54, 1.807) is 18.2 Å². The molecule has 2 N–H and O–H groups in total. The molecule has 0 radical (unpaired) electrons. The van der Waals surface area contributed by atoms with Crippen molar-refractivity contribution in [2.45, 2.75) is 25.3 Å². The summed E-state index contributed by atoms with van der Waals surface area (Å²) in [6.07, 6.45) is 1.37. The van der Waals surface area contributed by atoms with Crippen LogP contribution in [0.15, 0.2) is 24.3 Å². The summed E-state index contributed by atoms with van der Waals surface area (Å²) in [5.74, 6) is -0.553. The summed E-state index contributed by atoms with van der Waals surface area (Å²) >= 11 is 0. The number of carbonyl (C=O) groups is 2. The van der Waals surface area contributed by atoms with Crippen LogP contribution in [0.1, 0.15) is 18.4 Å². The van der Waals surface area contributed by atoms with Crippen molar-refractivity contribution >= 4 is 11.8 Å². The first-order chi connectivity index (χ1) is 8.66. The van der Waals surface area contributed by atoms with E-state index in [2.05, 4.69) is 10.6 Å². The Bertz CT molecular complexity index is 462. The molecule has 1 aromatic rings. The molecule has 96 valence electrons. The number of nitrogens with one attached hydrogen (secondary N) is 2. The van der Waals surface area contributed by atoms with Crippen molar-refractivity contribution in [3.05, 3.63) is 35.6 Å². The number of benzene rings is 1. The minimum absolute atomic E-state index is 0.0933. The largest absolute Gasteiger partial charge is 0.354 e. The second-order valence-corrected chi connectivity index (χ2v) is 4.29. The van der Waals surface area contributed by atoms with Gasteiger partial charge in [-0.05, 0) is 24.5 Å². The zero-order valence-corrected chi connectivity index (χ0v) is 9.91. The molecule has 1 fully saturated rings. The van der Waals surface area contributed by atoms with Crippen LogP contribution in [0.5, 0.6) is 0 Å². The molecule has 1 aliphatic heterocycles. The van der Waals surface area contributed by atoms with Gasteiger partial charge in [-0.25, -0.2) is 4.39 Å². The van der Waals surface area contributed by atoms with Gasteiger partial charge in [-0.2, -0.15) is 0 Å². The maximum absolute atomic E-state index is 13.3. The Morgan fingerprint density at radius 3 is 2.89 bits per heavy atom. The van der Waals surface area contributed by atoms with E-state index >= 15 is 0 Å². The standard InChI is InChI=1S/C13H15FN2O2/c14-10-4-2-1-3-9(10)7-8-15-13(18)11-5-6-12(17)16-11/h1-4,11H,5-8H2,(H,15,18)(H,16,17). The molecule has 0 spiro atoms. The third-order valence-electron chi connectivity index (χ3n) is 2.96. The van der Waals surface area contributed by atoms with Gasteiger partial charge in [0.05, 0.1) is 0 Å². The van der Waals surface area contributed by atoms with E-state index in [9.17, 15) is 14.0 Å². The zero-order chi connectivity index (χ0) is 13.0. The lowest BCUT2D eigenvalue weighted by Crippen LogP contribution is -2.42. The molecule has 1 heterocycles. The molecule has 1 atom stereocenters. The fourth-order valence-electron chi connectivity index (χ4n) is 1.96. The van der Waals surface area contributed by atoms with Crippen molar-refractivity contribution in [1.82, 2.24) is 10.6 Å². The molecule has 0 aromatic heterocycles. The van der Waals surface area contributed by atoms with E-state index in [-0.39, 0.29) is 17.6 Å². The molecule has 2 amide bonds. The van der Waals surface area contributed by atoms with Crippen LogP contribution in [0, 0.1) is 5.82 Å². The SMILES string of the molecule is O=C1CCC(C(=O)NCCc2ccccc2F)N1. The fraction of sp³-hybridized carbons (Fsp3) is 0.385. The van der Waals surface area contributed by atoms with Crippen molar-refractivity contribution in [3.8, 4) is 0 Å². The van der Waals surface area contributed by atoms with Crippen LogP contribution < -0.4 is 10.6 Å². The van der Waals surface area contributed by atoms with Crippen LogP contribution in [0.3, 0.4) is 0 Å². The minimum Gasteiger partial charge on any atom is -0.354 e. The van der Waals surface area contributed by atoms with Crippen molar-refractivity contribution in [2.24, 2.45) is 0 Å². The Balaban J connectivity index is 1.77. The lowest BCUT2D eigenvalue weighted by Gasteiger charge is -2.10. The molecular weight excluding hydrogens is 235 g/mol. The van der Waals surface area contributed by atoms with E-state index < -0.39 is 6.04 Å². The number of halogens is 1. The second kappa shape index (κ2) is 5.62. The van der Waals surface area contributed by atoms with Gasteiger partial charge >= 0.3 is 0 Å². The van der Waals surface area contributed by atoms with E-state index in [0.717, 1.165) is 0 Å². The number of amides is 2.